The van der Waals surface area contributed by atoms with E-state index in [0.717, 1.165) is 5.56 Å². The van der Waals surface area contributed by atoms with Crippen molar-refractivity contribution in [3.8, 4) is 6.07 Å². The highest BCUT2D eigenvalue weighted by Gasteiger charge is 2.05. The van der Waals surface area contributed by atoms with E-state index in [1.165, 1.54) is 20.2 Å². The van der Waals surface area contributed by atoms with Crippen molar-refractivity contribution in [1.82, 2.24) is 0 Å². The van der Waals surface area contributed by atoms with Crippen LogP contribution in [0.1, 0.15) is 11.1 Å². The van der Waals surface area contributed by atoms with Gasteiger partial charge in [0.2, 0.25) is 0 Å². The first-order chi connectivity index (χ1) is 9.22. The molecule has 0 spiro atoms. The van der Waals surface area contributed by atoms with Gasteiger partial charge in [0, 0.05) is 14.7 Å². The highest BCUT2D eigenvalue weighted by molar-refractivity contribution is 7.99. The van der Waals surface area contributed by atoms with Gasteiger partial charge in [0.1, 0.15) is 0 Å². The van der Waals surface area contributed by atoms with Crippen LogP contribution in [-0.4, -0.2) is 6.26 Å². The SMILES string of the molecule is CSc1ccc(Sc2cc(C)ccc2CC#N)cc1. The number of thioether (sulfide) groups is 1. The summed E-state index contributed by atoms with van der Waals surface area (Å²) in [5.74, 6) is 0. The third-order valence-electron chi connectivity index (χ3n) is 2.78. The number of rotatable bonds is 4. The minimum absolute atomic E-state index is 0.464. The molecule has 0 saturated carbocycles. The zero-order valence-corrected chi connectivity index (χ0v) is 12.6. The summed E-state index contributed by atoms with van der Waals surface area (Å²) < 4.78 is 0. The molecule has 0 aliphatic carbocycles. The Bertz CT molecular complexity index is 597. The molecule has 0 bridgehead atoms. The molecule has 19 heavy (non-hydrogen) atoms. The van der Waals surface area contributed by atoms with E-state index in [1.807, 2.05) is 0 Å². The summed E-state index contributed by atoms with van der Waals surface area (Å²) >= 11 is 3.47. The van der Waals surface area contributed by atoms with Gasteiger partial charge in [-0.2, -0.15) is 5.26 Å². The summed E-state index contributed by atoms with van der Waals surface area (Å²) in [6, 6.07) is 17.0. The highest BCUT2D eigenvalue weighted by atomic mass is 32.2. The molecule has 0 atom stereocenters. The fourth-order valence-electron chi connectivity index (χ4n) is 1.76. The lowest BCUT2D eigenvalue weighted by Crippen LogP contribution is -1.87. The Morgan fingerprint density at radius 2 is 1.74 bits per heavy atom. The second-order valence-corrected chi connectivity index (χ2v) is 6.22. The van der Waals surface area contributed by atoms with E-state index < -0.39 is 0 Å². The van der Waals surface area contributed by atoms with E-state index in [2.05, 4.69) is 61.7 Å². The molecule has 0 fully saturated rings. The van der Waals surface area contributed by atoms with Crippen LogP contribution >= 0.6 is 23.5 Å². The van der Waals surface area contributed by atoms with Crippen LogP contribution in [0.25, 0.3) is 0 Å². The van der Waals surface area contributed by atoms with Crippen LogP contribution in [0.15, 0.2) is 57.2 Å². The quantitative estimate of drug-likeness (QED) is 0.744. The summed E-state index contributed by atoms with van der Waals surface area (Å²) in [4.78, 5) is 3.66. The maximum atomic E-state index is 8.89. The molecule has 96 valence electrons. The van der Waals surface area contributed by atoms with E-state index >= 15 is 0 Å². The highest BCUT2D eigenvalue weighted by Crippen LogP contribution is 2.32. The minimum atomic E-state index is 0.464. The molecule has 0 aliphatic heterocycles. The van der Waals surface area contributed by atoms with Crippen LogP contribution in [0, 0.1) is 18.3 Å². The van der Waals surface area contributed by atoms with E-state index in [0.29, 0.717) is 6.42 Å². The van der Waals surface area contributed by atoms with Crippen LogP contribution in [0.4, 0.5) is 0 Å². The minimum Gasteiger partial charge on any atom is -0.198 e. The van der Waals surface area contributed by atoms with Crippen molar-refractivity contribution < 1.29 is 0 Å². The van der Waals surface area contributed by atoms with E-state index in [9.17, 15) is 0 Å². The molecule has 0 aliphatic rings. The Hall–Kier alpha value is -1.37. The van der Waals surface area contributed by atoms with Gasteiger partial charge < -0.3 is 0 Å². The van der Waals surface area contributed by atoms with Crippen LogP contribution in [0.2, 0.25) is 0 Å². The summed E-state index contributed by atoms with van der Waals surface area (Å²) in [5.41, 5.74) is 2.33. The Kier molecular flexibility index (Phi) is 4.95. The van der Waals surface area contributed by atoms with Gasteiger partial charge in [0.15, 0.2) is 0 Å². The second-order valence-electron chi connectivity index (χ2n) is 4.22. The van der Waals surface area contributed by atoms with E-state index in [4.69, 9.17) is 5.26 Å². The number of aryl methyl sites for hydroxylation is 1. The first-order valence-corrected chi connectivity index (χ1v) is 8.05. The van der Waals surface area contributed by atoms with Crippen LogP contribution in [0.5, 0.6) is 0 Å². The van der Waals surface area contributed by atoms with Crippen molar-refractivity contribution in [3.05, 3.63) is 53.6 Å². The molecule has 0 aromatic heterocycles. The molecule has 2 aromatic carbocycles. The molecule has 0 amide bonds. The molecule has 0 radical (unpaired) electrons. The van der Waals surface area contributed by atoms with Crippen molar-refractivity contribution in [2.75, 3.05) is 6.26 Å². The third-order valence-corrected chi connectivity index (χ3v) is 4.63. The van der Waals surface area contributed by atoms with Gasteiger partial charge in [-0.25, -0.2) is 0 Å². The molecule has 0 N–H and O–H groups in total. The lowest BCUT2D eigenvalue weighted by molar-refractivity contribution is 1.16. The van der Waals surface area contributed by atoms with Crippen molar-refractivity contribution >= 4 is 23.5 Å². The number of hydrogen-bond acceptors (Lipinski definition) is 3. The standard InChI is InChI=1S/C16H15NS2/c1-12-3-4-13(9-10-17)16(11-12)19-15-7-5-14(18-2)6-8-15/h3-8,11H,9H2,1-2H3. The predicted molar refractivity (Wildman–Crippen MR) is 82.8 cm³/mol. The van der Waals surface area contributed by atoms with E-state index in [-0.39, 0.29) is 0 Å². The zero-order valence-electron chi connectivity index (χ0n) is 11.0. The lowest BCUT2D eigenvalue weighted by atomic mass is 10.1. The molecule has 0 saturated heterocycles. The lowest BCUT2D eigenvalue weighted by Gasteiger charge is -2.08. The number of hydrogen-bond donors (Lipinski definition) is 0. The zero-order chi connectivity index (χ0) is 13.7. The fraction of sp³-hybridized carbons (Fsp3) is 0.188. The van der Waals surface area contributed by atoms with Crippen molar-refractivity contribution in [2.45, 2.75) is 28.0 Å². The van der Waals surface area contributed by atoms with Crippen molar-refractivity contribution in [2.24, 2.45) is 0 Å². The molecule has 2 aromatic rings. The molecule has 0 heterocycles. The van der Waals surface area contributed by atoms with Gasteiger partial charge in [0.25, 0.3) is 0 Å². The average molecular weight is 285 g/mol. The van der Waals surface area contributed by atoms with Crippen LogP contribution in [-0.2, 0) is 6.42 Å². The Morgan fingerprint density at radius 1 is 1.05 bits per heavy atom. The van der Waals surface area contributed by atoms with Gasteiger partial charge in [-0.15, -0.1) is 11.8 Å². The van der Waals surface area contributed by atoms with E-state index in [1.54, 1.807) is 23.5 Å². The summed E-state index contributed by atoms with van der Waals surface area (Å²) in [6.45, 7) is 2.08. The number of nitrogens with zero attached hydrogens (tertiary/aromatic N) is 1. The molecule has 0 unspecified atom stereocenters. The topological polar surface area (TPSA) is 23.8 Å². The summed E-state index contributed by atoms with van der Waals surface area (Å²) in [7, 11) is 0. The Morgan fingerprint density at radius 3 is 2.37 bits per heavy atom. The van der Waals surface area contributed by atoms with Gasteiger partial charge in [-0.1, -0.05) is 23.9 Å². The first kappa shape index (κ1) is 14.0. The summed E-state index contributed by atoms with van der Waals surface area (Å²) in [5, 5.41) is 8.89. The maximum absolute atomic E-state index is 8.89. The Labute approximate surface area is 123 Å². The predicted octanol–water partition coefficient (Wildman–Crippen LogP) is 4.93. The average Bonchev–Trinajstić information content (AvgIpc) is 2.43. The van der Waals surface area contributed by atoms with Gasteiger partial charge in [-0.05, 0) is 54.6 Å². The van der Waals surface area contributed by atoms with Gasteiger partial charge in [-0.3, -0.25) is 0 Å². The second kappa shape index (κ2) is 6.70. The maximum Gasteiger partial charge on any atom is 0.0670 e. The monoisotopic (exact) mass is 285 g/mol. The molecular weight excluding hydrogens is 270 g/mol. The number of benzene rings is 2. The van der Waals surface area contributed by atoms with Gasteiger partial charge >= 0.3 is 0 Å². The smallest absolute Gasteiger partial charge is 0.0670 e. The third kappa shape index (κ3) is 3.79. The van der Waals surface area contributed by atoms with Crippen molar-refractivity contribution in [1.29, 1.82) is 5.26 Å². The molecule has 2 rings (SSSR count). The van der Waals surface area contributed by atoms with Crippen molar-refractivity contribution in [3.63, 3.8) is 0 Å². The normalized spacial score (nSPS) is 10.2. The molecular formula is C16H15NS2. The van der Waals surface area contributed by atoms with Crippen LogP contribution < -0.4 is 0 Å². The molecule has 3 heteroatoms. The Balaban J connectivity index is 2.26. The number of nitriles is 1. The van der Waals surface area contributed by atoms with Gasteiger partial charge in [0.05, 0.1) is 12.5 Å². The largest absolute Gasteiger partial charge is 0.198 e. The summed E-state index contributed by atoms with van der Waals surface area (Å²) in [6.07, 6.45) is 2.54. The first-order valence-electron chi connectivity index (χ1n) is 6.01. The molecule has 1 nitrogen and oxygen atoms in total. The fourth-order valence-corrected chi connectivity index (χ4v) is 3.21. The van der Waals surface area contributed by atoms with Crippen LogP contribution in [0.3, 0.4) is 0 Å².